The minimum Gasteiger partial charge on any atom is -0.394 e. The van der Waals surface area contributed by atoms with Gasteiger partial charge in [0.15, 0.2) is 0 Å². The summed E-state index contributed by atoms with van der Waals surface area (Å²) in [7, 11) is 4.12. The number of fused-ring (bicyclic) bond motifs is 2. The largest absolute Gasteiger partial charge is 0.394 e. The second kappa shape index (κ2) is 13.0. The first-order valence-corrected chi connectivity index (χ1v) is 17.1. The first kappa shape index (κ1) is 33.1. The fraction of sp³-hybridized carbons (Fsp3) is 0.622. The number of likely N-dealkylation sites (N-methyl/N-ethyl adjacent to an activating group) is 1. The van der Waals surface area contributed by atoms with E-state index >= 15 is 0 Å². The summed E-state index contributed by atoms with van der Waals surface area (Å²) in [4.78, 5) is 37.7. The molecule has 2 aliphatic heterocycles. The van der Waals surface area contributed by atoms with Crippen molar-refractivity contribution in [1.29, 1.82) is 0 Å². The average molecular weight is 633 g/mol. The summed E-state index contributed by atoms with van der Waals surface area (Å²) >= 11 is 0. The number of hydrogen-bond acceptors (Lipinski definition) is 7. The van der Waals surface area contributed by atoms with Crippen molar-refractivity contribution in [2.45, 2.75) is 83.8 Å². The van der Waals surface area contributed by atoms with Crippen molar-refractivity contribution in [1.82, 2.24) is 20.2 Å². The number of likely N-dealkylation sites (tertiary alicyclic amines) is 1. The molecule has 2 saturated heterocycles. The van der Waals surface area contributed by atoms with Crippen LogP contribution in [0.5, 0.6) is 0 Å². The Labute approximate surface area is 273 Å². The van der Waals surface area contributed by atoms with Crippen molar-refractivity contribution in [2.75, 3.05) is 33.8 Å². The molecule has 0 aromatic heterocycles. The Morgan fingerprint density at radius 2 is 1.83 bits per heavy atom. The van der Waals surface area contributed by atoms with Gasteiger partial charge in [0.05, 0.1) is 19.3 Å². The first-order valence-electron chi connectivity index (χ1n) is 17.1. The SMILES string of the molecule is C[C@@H]1[C@@H](NC(=O)[C@@H]2[C@H]([C@H](C)O)[C@H](CO)ON2Cc2cccc(-c3cccc(C(=O)N4CC[C@H](N(C)C)C4)c3)c2)C[C@H]2C[C@@H]1C2(C)C. The zero-order valence-corrected chi connectivity index (χ0v) is 28.2. The van der Waals surface area contributed by atoms with Crippen LogP contribution in [0.2, 0.25) is 0 Å². The highest BCUT2D eigenvalue weighted by atomic mass is 16.7. The molecule has 0 unspecified atom stereocenters. The third-order valence-electron chi connectivity index (χ3n) is 12.0. The molecule has 3 N–H and O–H groups in total. The maximum atomic E-state index is 14.0. The van der Waals surface area contributed by atoms with Crippen LogP contribution in [0.15, 0.2) is 48.5 Å². The molecular weight excluding hydrogens is 580 g/mol. The standard InChI is InChI=1S/C37H52N4O5/c1-22-30-17-28(37(30,3)4)18-31(22)38-35(44)34-33(23(2)43)32(21-42)46-41(34)19-24-9-7-10-25(15-24)26-11-8-12-27(16-26)36(45)40-14-13-29(20-40)39(5)6/h7-12,15-16,22-23,28-34,42-43H,13-14,17-21H2,1-6H3,(H,38,44)/t22-,23-,28+,29-,30-,31-,32-,33+,34-/m0/s1. The van der Waals surface area contributed by atoms with Gasteiger partial charge < -0.3 is 25.3 Å². The summed E-state index contributed by atoms with van der Waals surface area (Å²) in [6, 6.07) is 15.5. The van der Waals surface area contributed by atoms with Crippen molar-refractivity contribution in [3.05, 3.63) is 59.7 Å². The summed E-state index contributed by atoms with van der Waals surface area (Å²) in [5.74, 6) is 0.894. The molecule has 2 bridgehead atoms. The predicted molar refractivity (Wildman–Crippen MR) is 177 cm³/mol. The number of nitrogens with zero attached hydrogens (tertiary/aromatic N) is 3. The van der Waals surface area contributed by atoms with E-state index in [1.165, 1.54) is 6.42 Å². The molecule has 2 aromatic carbocycles. The van der Waals surface area contributed by atoms with Crippen LogP contribution in [-0.2, 0) is 16.2 Å². The second-order valence-corrected chi connectivity index (χ2v) is 15.2. The van der Waals surface area contributed by atoms with E-state index in [0.29, 0.717) is 41.3 Å². The summed E-state index contributed by atoms with van der Waals surface area (Å²) < 4.78 is 0. The van der Waals surface area contributed by atoms with Gasteiger partial charge in [-0.3, -0.25) is 14.4 Å². The highest BCUT2D eigenvalue weighted by Crippen LogP contribution is 2.61. The molecule has 0 spiro atoms. The zero-order valence-electron chi connectivity index (χ0n) is 28.2. The number of carbonyl (C=O) groups is 2. The lowest BCUT2D eigenvalue weighted by Crippen LogP contribution is -2.62. The molecule has 3 saturated carbocycles. The molecular formula is C37H52N4O5. The van der Waals surface area contributed by atoms with Crippen molar-refractivity contribution < 1.29 is 24.6 Å². The van der Waals surface area contributed by atoms with Crippen molar-refractivity contribution in [3.8, 4) is 11.1 Å². The van der Waals surface area contributed by atoms with E-state index in [9.17, 15) is 19.8 Å². The van der Waals surface area contributed by atoms with Gasteiger partial charge in [-0.2, -0.15) is 5.06 Å². The summed E-state index contributed by atoms with van der Waals surface area (Å²) in [6.07, 6.45) is 1.64. The van der Waals surface area contributed by atoms with E-state index in [1.54, 1.807) is 12.0 Å². The Bertz CT molecular complexity index is 1430. The summed E-state index contributed by atoms with van der Waals surface area (Å²) in [6.45, 7) is 10.1. The van der Waals surface area contributed by atoms with E-state index in [1.807, 2.05) is 47.4 Å². The van der Waals surface area contributed by atoms with Crippen LogP contribution in [-0.4, -0.2) is 101 Å². The van der Waals surface area contributed by atoms with Crippen LogP contribution < -0.4 is 5.32 Å². The molecule has 9 heteroatoms. The molecule has 2 amide bonds. The third kappa shape index (κ3) is 6.13. The van der Waals surface area contributed by atoms with Crippen LogP contribution in [0, 0.1) is 29.1 Å². The molecule has 9 atom stereocenters. The van der Waals surface area contributed by atoms with E-state index < -0.39 is 24.2 Å². The molecule has 2 aromatic rings. The number of amides is 2. The van der Waals surface area contributed by atoms with Gasteiger partial charge in [0.1, 0.15) is 12.1 Å². The fourth-order valence-electron chi connectivity index (χ4n) is 8.88. The molecule has 0 radical (unpaired) electrons. The highest BCUT2D eigenvalue weighted by molar-refractivity contribution is 5.95. The van der Waals surface area contributed by atoms with Gasteiger partial charge >= 0.3 is 0 Å². The quantitative estimate of drug-likeness (QED) is 0.387. The van der Waals surface area contributed by atoms with Crippen molar-refractivity contribution >= 4 is 11.8 Å². The monoisotopic (exact) mass is 632 g/mol. The van der Waals surface area contributed by atoms with Gasteiger partial charge in [-0.15, -0.1) is 0 Å². The lowest BCUT2D eigenvalue weighted by molar-refractivity contribution is -0.183. The molecule has 3 aliphatic carbocycles. The summed E-state index contributed by atoms with van der Waals surface area (Å²) in [5, 5.41) is 26.0. The van der Waals surface area contributed by atoms with E-state index in [4.69, 9.17) is 4.84 Å². The van der Waals surface area contributed by atoms with E-state index in [2.05, 4.69) is 51.1 Å². The number of hydroxylamine groups is 2. The highest BCUT2D eigenvalue weighted by Gasteiger charge is 2.57. The number of aliphatic hydroxyl groups excluding tert-OH is 2. The minimum absolute atomic E-state index is 0.0500. The van der Waals surface area contributed by atoms with E-state index in [-0.39, 0.29) is 24.5 Å². The van der Waals surface area contributed by atoms with Crippen molar-refractivity contribution in [3.63, 3.8) is 0 Å². The molecule has 7 rings (SSSR count). The van der Waals surface area contributed by atoms with Crippen molar-refractivity contribution in [2.24, 2.45) is 29.1 Å². The Morgan fingerprint density at radius 1 is 1.11 bits per heavy atom. The number of carbonyl (C=O) groups excluding carboxylic acids is 2. The molecule has 46 heavy (non-hydrogen) atoms. The first-order chi connectivity index (χ1) is 21.9. The predicted octanol–water partition coefficient (Wildman–Crippen LogP) is 3.79. The Balaban J connectivity index is 1.19. The van der Waals surface area contributed by atoms with Gasteiger partial charge in [-0.25, -0.2) is 0 Å². The lowest BCUT2D eigenvalue weighted by atomic mass is 9.45. The fourth-order valence-corrected chi connectivity index (χ4v) is 8.88. The third-order valence-corrected chi connectivity index (χ3v) is 12.0. The maximum absolute atomic E-state index is 14.0. The Morgan fingerprint density at radius 3 is 2.46 bits per heavy atom. The van der Waals surface area contributed by atoms with Crippen LogP contribution in [0.4, 0.5) is 0 Å². The number of aliphatic hydroxyl groups is 2. The average Bonchev–Trinajstić information content (AvgIpc) is 3.67. The van der Waals surface area contributed by atoms with Gasteiger partial charge in [-0.1, -0.05) is 51.1 Å². The maximum Gasteiger partial charge on any atom is 0.253 e. The number of benzene rings is 2. The minimum atomic E-state index is -0.843. The summed E-state index contributed by atoms with van der Waals surface area (Å²) in [5.41, 5.74) is 3.82. The second-order valence-electron chi connectivity index (χ2n) is 15.2. The van der Waals surface area contributed by atoms with Gasteiger partial charge in [-0.05, 0) is 98.3 Å². The van der Waals surface area contributed by atoms with Gasteiger partial charge in [0, 0.05) is 36.7 Å². The molecule has 250 valence electrons. The lowest BCUT2D eigenvalue weighted by Gasteiger charge is -2.62. The molecule has 2 heterocycles. The van der Waals surface area contributed by atoms with Gasteiger partial charge in [0.2, 0.25) is 5.91 Å². The zero-order chi connectivity index (χ0) is 32.9. The van der Waals surface area contributed by atoms with Crippen LogP contribution in [0.25, 0.3) is 11.1 Å². The smallest absolute Gasteiger partial charge is 0.253 e. The molecule has 5 fully saturated rings. The normalized spacial score (nSPS) is 32.8. The number of hydrogen-bond donors (Lipinski definition) is 3. The number of rotatable bonds is 9. The van der Waals surface area contributed by atoms with Gasteiger partial charge in [0.25, 0.3) is 5.91 Å². The molecule has 9 nitrogen and oxygen atoms in total. The topological polar surface area (TPSA) is 106 Å². The van der Waals surface area contributed by atoms with E-state index in [0.717, 1.165) is 42.6 Å². The Kier molecular flexibility index (Phi) is 9.35. The van der Waals surface area contributed by atoms with Crippen LogP contribution >= 0.6 is 0 Å². The molecule has 5 aliphatic rings. The Hall–Kier alpha value is -2.82. The van der Waals surface area contributed by atoms with Crippen LogP contribution in [0.1, 0.15) is 62.9 Å². The number of nitrogens with one attached hydrogen (secondary N) is 1. The van der Waals surface area contributed by atoms with Crippen LogP contribution in [0.3, 0.4) is 0 Å².